The number of benzene rings is 3. The van der Waals surface area contributed by atoms with E-state index in [0.29, 0.717) is 45.3 Å². The molecule has 1 saturated carbocycles. The minimum absolute atomic E-state index is 0.0761. The highest BCUT2D eigenvalue weighted by Gasteiger charge is 2.31. The van der Waals surface area contributed by atoms with E-state index in [0.717, 1.165) is 47.3 Å². The van der Waals surface area contributed by atoms with Gasteiger partial charge in [0.15, 0.2) is 6.29 Å². The van der Waals surface area contributed by atoms with Crippen LogP contribution in [-0.2, 0) is 30.7 Å². The van der Waals surface area contributed by atoms with Crippen molar-refractivity contribution in [1.29, 1.82) is 0 Å². The van der Waals surface area contributed by atoms with Crippen LogP contribution in [0, 0.1) is 0 Å². The van der Waals surface area contributed by atoms with E-state index in [-0.39, 0.29) is 19.0 Å². The third-order valence-corrected chi connectivity index (χ3v) is 10.5. The Balaban J connectivity index is 1.27. The van der Waals surface area contributed by atoms with E-state index in [2.05, 4.69) is 12.1 Å². The second-order valence-corrected chi connectivity index (χ2v) is 15.6. The number of rotatable bonds is 12. The molecule has 9 nitrogen and oxygen atoms in total. The average Bonchev–Trinajstić information content (AvgIpc) is 3.07. The van der Waals surface area contributed by atoms with Gasteiger partial charge in [0.05, 0.1) is 11.4 Å². The Morgan fingerprint density at radius 1 is 0.938 bits per heavy atom. The lowest BCUT2D eigenvalue weighted by atomic mass is 9.96. The van der Waals surface area contributed by atoms with Crippen molar-refractivity contribution >= 4 is 16.1 Å². The molecule has 2 aliphatic rings. The Morgan fingerprint density at radius 2 is 1.62 bits per heavy atom. The quantitative estimate of drug-likeness (QED) is 0.212. The first kappa shape index (κ1) is 35.9. The fourth-order valence-corrected chi connectivity index (χ4v) is 7.31. The number of hydrogen-bond donors (Lipinski definition) is 1. The summed E-state index contributed by atoms with van der Waals surface area (Å²) in [5.41, 5.74) is 3.47. The zero-order valence-electron chi connectivity index (χ0n) is 28.4. The number of carbonyl (C=O) groups excluding carboxylic acids is 1. The van der Waals surface area contributed by atoms with Crippen molar-refractivity contribution in [2.45, 2.75) is 101 Å². The molecule has 2 atom stereocenters. The predicted octanol–water partition coefficient (Wildman–Crippen LogP) is 7.40. The maximum absolute atomic E-state index is 13.6. The summed E-state index contributed by atoms with van der Waals surface area (Å²) in [5, 5.41) is 4.90. The van der Waals surface area contributed by atoms with Gasteiger partial charge in [-0.15, -0.1) is 0 Å². The highest BCUT2D eigenvalue weighted by molar-refractivity contribution is 7.89. The summed E-state index contributed by atoms with van der Waals surface area (Å²) < 4.78 is 48.4. The molecule has 0 spiro atoms. The van der Waals surface area contributed by atoms with E-state index in [4.69, 9.17) is 24.1 Å². The summed E-state index contributed by atoms with van der Waals surface area (Å²) in [6, 6.07) is 26.0. The average molecular weight is 679 g/mol. The molecule has 0 bridgehead atoms. The van der Waals surface area contributed by atoms with Crippen molar-refractivity contribution in [3.63, 3.8) is 0 Å². The fraction of sp³-hybridized carbons (Fsp3) is 0.500. The van der Waals surface area contributed by atoms with Gasteiger partial charge in [-0.2, -0.15) is 0 Å². The van der Waals surface area contributed by atoms with Gasteiger partial charge < -0.3 is 23.8 Å². The lowest BCUT2D eigenvalue weighted by molar-refractivity contribution is -0.197. The van der Waals surface area contributed by atoms with E-state index >= 15 is 0 Å². The molecule has 1 aliphatic carbocycles. The van der Waals surface area contributed by atoms with Crippen LogP contribution < -0.4 is 9.88 Å². The number of amides is 1. The van der Waals surface area contributed by atoms with Gasteiger partial charge in [0, 0.05) is 24.3 Å². The summed E-state index contributed by atoms with van der Waals surface area (Å²) >= 11 is 0. The minimum atomic E-state index is -3.56. The van der Waals surface area contributed by atoms with Gasteiger partial charge in [0.25, 0.3) is 0 Å². The van der Waals surface area contributed by atoms with Crippen LogP contribution in [0.2, 0.25) is 0 Å². The Kier molecular flexibility index (Phi) is 12.2. The van der Waals surface area contributed by atoms with Gasteiger partial charge in [0.1, 0.15) is 18.5 Å². The summed E-state index contributed by atoms with van der Waals surface area (Å²) in [5.74, 6) is 0.746. The Morgan fingerprint density at radius 3 is 2.25 bits per heavy atom. The van der Waals surface area contributed by atoms with Gasteiger partial charge >= 0.3 is 6.09 Å². The van der Waals surface area contributed by atoms with E-state index in [1.54, 1.807) is 4.90 Å². The van der Waals surface area contributed by atoms with Crippen LogP contribution in [0.5, 0.6) is 5.75 Å². The van der Waals surface area contributed by atoms with E-state index in [1.807, 2.05) is 87.5 Å². The number of nitrogens with zero attached hydrogens (tertiary/aromatic N) is 1. The first-order chi connectivity index (χ1) is 23.0. The molecule has 0 radical (unpaired) electrons. The third kappa shape index (κ3) is 10.0. The monoisotopic (exact) mass is 678 g/mol. The van der Waals surface area contributed by atoms with Gasteiger partial charge in [-0.05, 0) is 94.9 Å². The van der Waals surface area contributed by atoms with E-state index < -0.39 is 33.0 Å². The molecular weight excluding hydrogens is 628 g/mol. The van der Waals surface area contributed by atoms with Crippen LogP contribution in [0.4, 0.5) is 4.79 Å². The number of sulfonamides is 1. The van der Waals surface area contributed by atoms with Crippen LogP contribution >= 0.6 is 0 Å². The molecule has 260 valence electrons. The molecule has 48 heavy (non-hydrogen) atoms. The smallest absolute Gasteiger partial charge is 0.410 e. The third-order valence-electron chi connectivity index (χ3n) is 9.15. The van der Waals surface area contributed by atoms with Crippen LogP contribution in [0.1, 0.15) is 82.9 Å². The van der Waals surface area contributed by atoms with Crippen LogP contribution in [0.15, 0.2) is 78.9 Å². The van der Waals surface area contributed by atoms with Crippen molar-refractivity contribution in [3.05, 3.63) is 90.0 Å². The Labute approximate surface area is 285 Å². The number of hydrogen-bond acceptors (Lipinski definition) is 7. The molecule has 0 unspecified atom stereocenters. The van der Waals surface area contributed by atoms with Crippen LogP contribution in [0.3, 0.4) is 0 Å². The second kappa shape index (κ2) is 16.3. The van der Waals surface area contributed by atoms with Gasteiger partial charge in [-0.1, -0.05) is 72.8 Å². The second-order valence-electron chi connectivity index (χ2n) is 13.8. The van der Waals surface area contributed by atoms with Crippen LogP contribution in [-0.4, -0.2) is 62.4 Å². The van der Waals surface area contributed by atoms with Crippen molar-refractivity contribution in [2.75, 3.05) is 19.8 Å². The zero-order chi connectivity index (χ0) is 34.1. The highest BCUT2D eigenvalue weighted by atomic mass is 32.2. The Hall–Kier alpha value is -3.44. The van der Waals surface area contributed by atoms with E-state index in [1.165, 1.54) is 0 Å². The molecule has 5 rings (SSSR count). The summed E-state index contributed by atoms with van der Waals surface area (Å²) in [6.45, 7) is 7.19. The van der Waals surface area contributed by atoms with Crippen molar-refractivity contribution < 1.29 is 32.2 Å². The minimum Gasteiger partial charge on any atom is -0.490 e. The maximum atomic E-state index is 13.6. The first-order valence-corrected chi connectivity index (χ1v) is 18.7. The zero-order valence-corrected chi connectivity index (χ0v) is 29.2. The van der Waals surface area contributed by atoms with Crippen LogP contribution in [0.25, 0.3) is 11.1 Å². The summed E-state index contributed by atoms with van der Waals surface area (Å²) in [6.07, 6.45) is 4.40. The molecule has 2 fully saturated rings. The number of carbonyl (C=O) groups is 1. The molecule has 3 aromatic carbocycles. The first-order valence-electron chi connectivity index (χ1n) is 17.1. The molecule has 1 saturated heterocycles. The standard InChI is InChI=1S/C38H50N2O7S/c1-38(2,3)40(37(41)45-27-35(30-14-8-5-9-15-30)47-36-16-10-11-25-44-36)24-23-28-17-22-33(29-12-6-4-7-13-29)34(26-28)46-31-18-20-32(21-19-31)48(39,42)43/h4-9,12-15,17,22,26,31-32,35-36H,10-11,16,18-21,23-25,27H2,1-3H3,(H2,39,42,43)/t31?,32?,35-,36+/m0/s1. The van der Waals surface area contributed by atoms with Gasteiger partial charge in [-0.25, -0.2) is 18.4 Å². The van der Waals surface area contributed by atoms with Crippen molar-refractivity contribution in [1.82, 2.24) is 4.90 Å². The maximum Gasteiger partial charge on any atom is 0.410 e. The molecular formula is C38H50N2O7S. The number of ether oxygens (including phenoxy) is 4. The molecule has 0 aromatic heterocycles. The van der Waals surface area contributed by atoms with Crippen molar-refractivity contribution in [3.8, 4) is 16.9 Å². The molecule has 3 aromatic rings. The fourth-order valence-electron chi connectivity index (χ4n) is 6.38. The predicted molar refractivity (Wildman–Crippen MR) is 187 cm³/mol. The molecule has 1 aliphatic heterocycles. The molecule has 1 heterocycles. The number of nitrogens with two attached hydrogens (primary N) is 1. The summed E-state index contributed by atoms with van der Waals surface area (Å²) in [4.78, 5) is 15.4. The SMILES string of the molecule is CC(C)(C)N(CCc1ccc(-c2ccccc2)c(OC2CCC(S(N)(=O)=O)CC2)c1)C(=O)OC[C@H](O[C@@H]1CCCCO1)c1ccccc1. The largest absolute Gasteiger partial charge is 0.490 e. The van der Waals surface area contributed by atoms with E-state index in [9.17, 15) is 13.2 Å². The normalized spacial score (nSPS) is 20.9. The lowest BCUT2D eigenvalue weighted by Crippen LogP contribution is -2.47. The van der Waals surface area contributed by atoms with Gasteiger partial charge in [-0.3, -0.25) is 0 Å². The number of primary sulfonamides is 1. The molecule has 1 amide bonds. The van der Waals surface area contributed by atoms with Crippen molar-refractivity contribution in [2.24, 2.45) is 5.14 Å². The lowest BCUT2D eigenvalue weighted by Gasteiger charge is -2.35. The summed E-state index contributed by atoms with van der Waals surface area (Å²) in [7, 11) is -3.56. The van der Waals surface area contributed by atoms with Gasteiger partial charge in [0.2, 0.25) is 10.0 Å². The Bertz CT molecular complexity index is 1560. The topological polar surface area (TPSA) is 117 Å². The molecule has 10 heteroatoms. The highest BCUT2D eigenvalue weighted by Crippen LogP contribution is 2.35. The molecule has 2 N–H and O–H groups in total.